The van der Waals surface area contributed by atoms with Crippen LogP contribution >= 0.6 is 0 Å². The van der Waals surface area contributed by atoms with Gasteiger partial charge in [-0.05, 0) is 61.2 Å². The SMILES string of the molecule is Cc1cc(NS(=O)(=O)CCc2ccncc2)c(C)cc1N. The van der Waals surface area contributed by atoms with E-state index in [-0.39, 0.29) is 5.75 Å². The second kappa shape index (κ2) is 6.13. The van der Waals surface area contributed by atoms with E-state index in [0.717, 1.165) is 16.7 Å². The van der Waals surface area contributed by atoms with Crippen molar-refractivity contribution in [3.8, 4) is 0 Å². The van der Waals surface area contributed by atoms with Crippen LogP contribution in [0.2, 0.25) is 0 Å². The maximum absolute atomic E-state index is 12.2. The molecule has 21 heavy (non-hydrogen) atoms. The zero-order valence-corrected chi connectivity index (χ0v) is 12.9. The fraction of sp³-hybridized carbons (Fsp3) is 0.267. The van der Waals surface area contributed by atoms with Crippen molar-refractivity contribution in [3.63, 3.8) is 0 Å². The zero-order chi connectivity index (χ0) is 15.5. The van der Waals surface area contributed by atoms with Crippen molar-refractivity contribution in [2.75, 3.05) is 16.2 Å². The molecule has 0 radical (unpaired) electrons. The maximum atomic E-state index is 12.2. The molecule has 0 saturated carbocycles. The Morgan fingerprint density at radius 2 is 1.81 bits per heavy atom. The third-order valence-electron chi connectivity index (χ3n) is 3.29. The Hall–Kier alpha value is -2.08. The molecule has 0 aliphatic carbocycles. The van der Waals surface area contributed by atoms with E-state index in [2.05, 4.69) is 9.71 Å². The van der Waals surface area contributed by atoms with Crippen LogP contribution in [0.4, 0.5) is 11.4 Å². The van der Waals surface area contributed by atoms with Crippen LogP contribution in [-0.4, -0.2) is 19.2 Å². The molecule has 2 aromatic rings. The standard InChI is InChI=1S/C15H19N3O2S/c1-11-10-15(12(2)9-14(11)16)18-21(19,20)8-5-13-3-6-17-7-4-13/h3-4,6-7,9-10,18H,5,8,16H2,1-2H3. The molecule has 0 fully saturated rings. The van der Waals surface area contributed by atoms with Crippen molar-refractivity contribution < 1.29 is 8.42 Å². The van der Waals surface area contributed by atoms with E-state index >= 15 is 0 Å². The van der Waals surface area contributed by atoms with E-state index in [4.69, 9.17) is 5.73 Å². The molecule has 0 saturated heterocycles. The molecule has 0 amide bonds. The second-order valence-electron chi connectivity index (χ2n) is 5.05. The van der Waals surface area contributed by atoms with E-state index in [0.29, 0.717) is 17.8 Å². The number of nitrogens with zero attached hydrogens (tertiary/aromatic N) is 1. The van der Waals surface area contributed by atoms with E-state index in [9.17, 15) is 8.42 Å². The van der Waals surface area contributed by atoms with Crippen LogP contribution in [0, 0.1) is 13.8 Å². The van der Waals surface area contributed by atoms with Crippen LogP contribution in [-0.2, 0) is 16.4 Å². The first-order valence-corrected chi connectivity index (χ1v) is 8.29. The van der Waals surface area contributed by atoms with Crippen molar-refractivity contribution in [2.24, 2.45) is 0 Å². The van der Waals surface area contributed by atoms with Crippen molar-refractivity contribution in [1.82, 2.24) is 4.98 Å². The topological polar surface area (TPSA) is 85.1 Å². The highest BCUT2D eigenvalue weighted by Gasteiger charge is 2.13. The number of nitrogens with two attached hydrogens (primary N) is 1. The maximum Gasteiger partial charge on any atom is 0.233 e. The van der Waals surface area contributed by atoms with Gasteiger partial charge < -0.3 is 5.73 Å². The summed E-state index contributed by atoms with van der Waals surface area (Å²) in [6.07, 6.45) is 3.76. The van der Waals surface area contributed by atoms with Gasteiger partial charge in [0.15, 0.2) is 0 Å². The highest BCUT2D eigenvalue weighted by Crippen LogP contribution is 2.23. The monoisotopic (exact) mass is 305 g/mol. The first kappa shape index (κ1) is 15.3. The minimum Gasteiger partial charge on any atom is -0.399 e. The van der Waals surface area contributed by atoms with Crippen molar-refractivity contribution >= 4 is 21.4 Å². The van der Waals surface area contributed by atoms with Gasteiger partial charge in [0.2, 0.25) is 10.0 Å². The number of rotatable bonds is 5. The predicted octanol–water partition coefficient (Wildman–Crippen LogP) is 2.27. The third kappa shape index (κ3) is 4.19. The van der Waals surface area contributed by atoms with Gasteiger partial charge in [-0.25, -0.2) is 8.42 Å². The number of hydrogen-bond acceptors (Lipinski definition) is 4. The molecule has 0 atom stereocenters. The van der Waals surface area contributed by atoms with Gasteiger partial charge in [0.25, 0.3) is 0 Å². The average Bonchev–Trinajstić information content (AvgIpc) is 2.44. The van der Waals surface area contributed by atoms with Crippen molar-refractivity contribution in [1.29, 1.82) is 0 Å². The summed E-state index contributed by atoms with van der Waals surface area (Å²) in [6, 6.07) is 7.16. The normalized spacial score (nSPS) is 11.3. The van der Waals surface area contributed by atoms with Crippen LogP contribution in [0.5, 0.6) is 0 Å². The van der Waals surface area contributed by atoms with Crippen LogP contribution in [0.15, 0.2) is 36.7 Å². The minimum absolute atomic E-state index is 0.0277. The van der Waals surface area contributed by atoms with Gasteiger partial charge in [0.1, 0.15) is 0 Å². The largest absolute Gasteiger partial charge is 0.399 e. The van der Waals surface area contributed by atoms with Gasteiger partial charge >= 0.3 is 0 Å². The summed E-state index contributed by atoms with van der Waals surface area (Å²) in [5, 5.41) is 0. The molecule has 2 rings (SSSR count). The molecule has 1 aromatic heterocycles. The first-order valence-electron chi connectivity index (χ1n) is 6.63. The third-order valence-corrected chi connectivity index (χ3v) is 4.56. The Morgan fingerprint density at radius 3 is 2.48 bits per heavy atom. The number of benzene rings is 1. The molecule has 0 bridgehead atoms. The minimum atomic E-state index is -3.40. The highest BCUT2D eigenvalue weighted by atomic mass is 32.2. The number of hydrogen-bond donors (Lipinski definition) is 2. The second-order valence-corrected chi connectivity index (χ2v) is 6.89. The Kier molecular flexibility index (Phi) is 4.47. The lowest BCUT2D eigenvalue weighted by atomic mass is 10.1. The van der Waals surface area contributed by atoms with E-state index in [1.807, 2.05) is 26.0 Å². The number of anilines is 2. The molecule has 112 valence electrons. The predicted molar refractivity (Wildman–Crippen MR) is 85.7 cm³/mol. The Balaban J connectivity index is 2.09. The average molecular weight is 305 g/mol. The highest BCUT2D eigenvalue weighted by molar-refractivity contribution is 7.92. The van der Waals surface area contributed by atoms with Crippen LogP contribution in [0.25, 0.3) is 0 Å². The number of nitrogens with one attached hydrogen (secondary N) is 1. The smallest absolute Gasteiger partial charge is 0.233 e. The quantitative estimate of drug-likeness (QED) is 0.830. The molecule has 1 heterocycles. The van der Waals surface area contributed by atoms with Gasteiger partial charge in [-0.3, -0.25) is 9.71 Å². The fourth-order valence-corrected chi connectivity index (χ4v) is 3.13. The van der Waals surface area contributed by atoms with Gasteiger partial charge in [0, 0.05) is 18.1 Å². The van der Waals surface area contributed by atoms with Crippen molar-refractivity contribution in [3.05, 3.63) is 53.3 Å². The fourth-order valence-electron chi connectivity index (χ4n) is 1.97. The number of nitrogen functional groups attached to an aromatic ring is 1. The first-order chi connectivity index (χ1) is 9.87. The van der Waals surface area contributed by atoms with Crippen LogP contribution < -0.4 is 10.5 Å². The molecule has 0 spiro atoms. The molecular formula is C15H19N3O2S. The molecule has 0 aliphatic rings. The summed E-state index contributed by atoms with van der Waals surface area (Å²) in [5.74, 6) is 0.0277. The summed E-state index contributed by atoms with van der Waals surface area (Å²) in [6.45, 7) is 3.68. The molecule has 6 heteroatoms. The van der Waals surface area contributed by atoms with Gasteiger partial charge in [0.05, 0.1) is 11.4 Å². The number of aromatic nitrogens is 1. The molecule has 3 N–H and O–H groups in total. The summed E-state index contributed by atoms with van der Waals surface area (Å²) < 4.78 is 27.0. The number of sulfonamides is 1. The van der Waals surface area contributed by atoms with Gasteiger partial charge in [-0.15, -0.1) is 0 Å². The summed E-state index contributed by atoms with van der Waals surface area (Å²) in [7, 11) is -3.40. The lowest BCUT2D eigenvalue weighted by Gasteiger charge is -2.12. The Bertz CT molecular complexity index is 728. The lowest BCUT2D eigenvalue weighted by Crippen LogP contribution is -2.19. The molecule has 0 unspecified atom stereocenters. The van der Waals surface area contributed by atoms with E-state index in [1.165, 1.54) is 0 Å². The molecule has 5 nitrogen and oxygen atoms in total. The number of aryl methyl sites for hydroxylation is 3. The lowest BCUT2D eigenvalue weighted by molar-refractivity contribution is 0.600. The van der Waals surface area contributed by atoms with Crippen LogP contribution in [0.1, 0.15) is 16.7 Å². The zero-order valence-electron chi connectivity index (χ0n) is 12.1. The van der Waals surface area contributed by atoms with Gasteiger partial charge in [-0.1, -0.05) is 0 Å². The van der Waals surface area contributed by atoms with E-state index in [1.54, 1.807) is 24.5 Å². The summed E-state index contributed by atoms with van der Waals surface area (Å²) in [4.78, 5) is 3.91. The molecule has 1 aromatic carbocycles. The Morgan fingerprint density at radius 1 is 1.14 bits per heavy atom. The van der Waals surface area contributed by atoms with E-state index < -0.39 is 10.0 Å². The Labute approximate surface area is 125 Å². The molecular weight excluding hydrogens is 286 g/mol. The number of pyridine rings is 1. The summed E-state index contributed by atoms with van der Waals surface area (Å²) >= 11 is 0. The van der Waals surface area contributed by atoms with Crippen LogP contribution in [0.3, 0.4) is 0 Å². The van der Waals surface area contributed by atoms with Crippen molar-refractivity contribution in [2.45, 2.75) is 20.3 Å². The van der Waals surface area contributed by atoms with Gasteiger partial charge in [-0.2, -0.15) is 0 Å². The molecule has 0 aliphatic heterocycles. The summed E-state index contributed by atoms with van der Waals surface area (Å²) in [5.41, 5.74) is 9.65.